The largest absolute Gasteiger partial charge is 0.497 e. The highest BCUT2D eigenvalue weighted by Gasteiger charge is 2.31. The summed E-state index contributed by atoms with van der Waals surface area (Å²) in [5.74, 6) is 1.38. The number of aliphatic hydroxyl groups is 1. The van der Waals surface area contributed by atoms with Gasteiger partial charge in [-0.15, -0.1) is 0 Å². The highest BCUT2D eigenvalue weighted by atomic mass is 19.4. The number of ether oxygens (including phenoxy) is 2. The van der Waals surface area contributed by atoms with Gasteiger partial charge < -0.3 is 19.5 Å². The van der Waals surface area contributed by atoms with E-state index in [1.165, 1.54) is 12.1 Å². The molecule has 0 amide bonds. The number of hydrogen-bond acceptors (Lipinski definition) is 5. The molecule has 1 saturated heterocycles. The molecule has 3 rings (SSSR count). The van der Waals surface area contributed by atoms with Gasteiger partial charge in [0.25, 0.3) is 0 Å². The third-order valence-electron chi connectivity index (χ3n) is 4.88. The number of aliphatic hydroxyl groups excluding tert-OH is 1. The lowest BCUT2D eigenvalue weighted by Gasteiger charge is -2.37. The molecule has 0 unspecified atom stereocenters. The Balaban J connectivity index is 1.44. The number of β-amino-alcohol motifs (C(OH)–C–C–N with tert-alkyl or cyclic N) is 1. The average molecular weight is 410 g/mol. The van der Waals surface area contributed by atoms with Crippen molar-refractivity contribution in [2.24, 2.45) is 0 Å². The Labute approximate surface area is 168 Å². The van der Waals surface area contributed by atoms with Crippen molar-refractivity contribution in [2.45, 2.75) is 12.3 Å². The minimum Gasteiger partial charge on any atom is -0.497 e. The van der Waals surface area contributed by atoms with Crippen molar-refractivity contribution in [2.75, 3.05) is 51.3 Å². The molecule has 8 heteroatoms. The van der Waals surface area contributed by atoms with Crippen LogP contribution >= 0.6 is 0 Å². The molecule has 29 heavy (non-hydrogen) atoms. The lowest BCUT2D eigenvalue weighted by molar-refractivity contribution is -0.137. The van der Waals surface area contributed by atoms with Crippen molar-refractivity contribution in [1.82, 2.24) is 4.90 Å². The molecule has 0 saturated carbocycles. The molecule has 0 aliphatic carbocycles. The zero-order chi connectivity index (χ0) is 20.9. The first-order valence-electron chi connectivity index (χ1n) is 9.44. The zero-order valence-corrected chi connectivity index (χ0v) is 16.2. The zero-order valence-electron chi connectivity index (χ0n) is 16.2. The van der Waals surface area contributed by atoms with Crippen LogP contribution in [0.2, 0.25) is 0 Å². The summed E-state index contributed by atoms with van der Waals surface area (Å²) in [5.41, 5.74) is -0.0635. The first kappa shape index (κ1) is 21.3. The van der Waals surface area contributed by atoms with Gasteiger partial charge in [0.1, 0.15) is 24.2 Å². The number of nitrogens with zero attached hydrogens (tertiary/aromatic N) is 2. The van der Waals surface area contributed by atoms with Gasteiger partial charge >= 0.3 is 6.18 Å². The lowest BCUT2D eigenvalue weighted by atomic mass is 10.1. The van der Waals surface area contributed by atoms with Crippen LogP contribution in [-0.4, -0.2) is 62.6 Å². The summed E-state index contributed by atoms with van der Waals surface area (Å²) in [6.45, 7) is 3.15. The molecule has 5 nitrogen and oxygen atoms in total. The number of anilines is 1. The van der Waals surface area contributed by atoms with E-state index in [-0.39, 0.29) is 6.61 Å². The average Bonchev–Trinajstić information content (AvgIpc) is 2.73. The molecule has 1 atom stereocenters. The van der Waals surface area contributed by atoms with Gasteiger partial charge in [0, 0.05) is 38.4 Å². The van der Waals surface area contributed by atoms with E-state index in [2.05, 4.69) is 4.90 Å². The van der Waals surface area contributed by atoms with Crippen LogP contribution in [0.1, 0.15) is 5.56 Å². The maximum absolute atomic E-state index is 12.9. The predicted molar refractivity (Wildman–Crippen MR) is 105 cm³/mol. The third-order valence-corrected chi connectivity index (χ3v) is 4.88. The highest BCUT2D eigenvalue weighted by molar-refractivity contribution is 5.49. The van der Waals surface area contributed by atoms with Gasteiger partial charge in [-0.1, -0.05) is 6.07 Å². The number of methoxy groups -OCH3 is 1. The number of piperazine rings is 1. The van der Waals surface area contributed by atoms with Crippen LogP contribution in [0.3, 0.4) is 0 Å². The van der Waals surface area contributed by atoms with Gasteiger partial charge in [-0.2, -0.15) is 13.2 Å². The maximum Gasteiger partial charge on any atom is 0.416 e. The summed E-state index contributed by atoms with van der Waals surface area (Å²) < 4.78 is 49.4. The number of benzene rings is 2. The molecule has 0 aromatic heterocycles. The smallest absolute Gasteiger partial charge is 0.416 e. The Hall–Kier alpha value is -2.45. The van der Waals surface area contributed by atoms with Crippen molar-refractivity contribution in [3.63, 3.8) is 0 Å². The van der Waals surface area contributed by atoms with Crippen molar-refractivity contribution < 1.29 is 27.8 Å². The topological polar surface area (TPSA) is 45.2 Å². The lowest BCUT2D eigenvalue weighted by Crippen LogP contribution is -2.49. The van der Waals surface area contributed by atoms with Crippen molar-refractivity contribution in [3.8, 4) is 11.5 Å². The summed E-state index contributed by atoms with van der Waals surface area (Å²) in [6, 6.07) is 12.5. The third kappa shape index (κ3) is 6.01. The fourth-order valence-electron chi connectivity index (χ4n) is 3.28. The summed E-state index contributed by atoms with van der Waals surface area (Å²) in [4.78, 5) is 4.03. The first-order chi connectivity index (χ1) is 13.8. The van der Waals surface area contributed by atoms with Gasteiger partial charge in [0.2, 0.25) is 0 Å². The Kier molecular flexibility index (Phi) is 6.87. The van der Waals surface area contributed by atoms with Gasteiger partial charge in [-0.25, -0.2) is 0 Å². The monoisotopic (exact) mass is 410 g/mol. The number of halogens is 3. The number of hydrogen-bond donors (Lipinski definition) is 1. The second-order valence-corrected chi connectivity index (χ2v) is 6.98. The van der Waals surface area contributed by atoms with Crippen LogP contribution in [0, 0.1) is 0 Å². The SMILES string of the molecule is COc1ccc(OC[C@@H](O)CN2CCN(c3cccc(C(F)(F)F)c3)CC2)cc1. The first-order valence-corrected chi connectivity index (χ1v) is 9.44. The molecule has 158 valence electrons. The fourth-order valence-corrected chi connectivity index (χ4v) is 3.28. The Bertz CT molecular complexity index is 775. The van der Waals surface area contributed by atoms with Crippen LogP contribution in [0.5, 0.6) is 11.5 Å². The van der Waals surface area contributed by atoms with Crippen LogP contribution in [0.4, 0.5) is 18.9 Å². The molecule has 1 aliphatic rings. The molecule has 0 radical (unpaired) electrons. The molecule has 1 N–H and O–H groups in total. The van der Waals surface area contributed by atoms with E-state index in [0.717, 1.165) is 11.8 Å². The quantitative estimate of drug-likeness (QED) is 0.759. The Morgan fingerprint density at radius 1 is 1.00 bits per heavy atom. The van der Waals surface area contributed by atoms with E-state index in [1.54, 1.807) is 37.4 Å². The van der Waals surface area contributed by atoms with E-state index < -0.39 is 17.8 Å². The predicted octanol–water partition coefficient (Wildman–Crippen LogP) is 3.28. The van der Waals surface area contributed by atoms with Crippen molar-refractivity contribution in [1.29, 1.82) is 0 Å². The van der Waals surface area contributed by atoms with E-state index >= 15 is 0 Å². The number of rotatable bonds is 7. The molecule has 1 fully saturated rings. The van der Waals surface area contributed by atoms with Gasteiger partial charge in [0.05, 0.1) is 12.7 Å². The van der Waals surface area contributed by atoms with Crippen LogP contribution < -0.4 is 14.4 Å². The van der Waals surface area contributed by atoms with Gasteiger partial charge in [-0.05, 0) is 42.5 Å². The van der Waals surface area contributed by atoms with Gasteiger partial charge in [-0.3, -0.25) is 4.90 Å². The molecule has 0 spiro atoms. The molecule has 1 aliphatic heterocycles. The summed E-state index contributed by atoms with van der Waals surface area (Å²) in [5, 5.41) is 10.2. The highest BCUT2D eigenvalue weighted by Crippen LogP contribution is 2.31. The van der Waals surface area contributed by atoms with E-state index in [4.69, 9.17) is 9.47 Å². The minimum atomic E-state index is -4.34. The molecular weight excluding hydrogens is 385 g/mol. The van der Waals surface area contributed by atoms with Crippen LogP contribution in [0.15, 0.2) is 48.5 Å². The molecule has 2 aromatic carbocycles. The molecule has 0 bridgehead atoms. The maximum atomic E-state index is 12.9. The number of alkyl halides is 3. The van der Waals surface area contributed by atoms with E-state index in [9.17, 15) is 18.3 Å². The second kappa shape index (κ2) is 9.37. The van der Waals surface area contributed by atoms with Gasteiger partial charge in [0.15, 0.2) is 0 Å². The van der Waals surface area contributed by atoms with Crippen LogP contribution in [-0.2, 0) is 6.18 Å². The standard InChI is InChI=1S/C21H25F3N2O3/c1-28-19-5-7-20(8-6-19)29-15-18(27)14-25-9-11-26(12-10-25)17-4-2-3-16(13-17)21(22,23)24/h2-8,13,18,27H,9-12,14-15H2,1H3/t18-/m0/s1. The van der Waals surface area contributed by atoms with Crippen molar-refractivity contribution in [3.05, 3.63) is 54.1 Å². The van der Waals surface area contributed by atoms with E-state index in [1.807, 2.05) is 4.90 Å². The Morgan fingerprint density at radius 3 is 2.28 bits per heavy atom. The summed E-state index contributed by atoms with van der Waals surface area (Å²) >= 11 is 0. The second-order valence-electron chi connectivity index (χ2n) is 6.98. The Morgan fingerprint density at radius 2 is 1.66 bits per heavy atom. The molecule has 1 heterocycles. The van der Waals surface area contributed by atoms with Crippen LogP contribution in [0.25, 0.3) is 0 Å². The summed E-state index contributed by atoms with van der Waals surface area (Å²) in [6.07, 6.45) is -5.00. The van der Waals surface area contributed by atoms with E-state index in [0.29, 0.717) is 44.2 Å². The molecular formula is C21H25F3N2O3. The summed E-state index contributed by atoms with van der Waals surface area (Å²) in [7, 11) is 1.59. The molecule has 2 aromatic rings. The minimum absolute atomic E-state index is 0.167. The fraction of sp³-hybridized carbons (Fsp3) is 0.429. The normalized spacial score (nSPS) is 16.5. The van der Waals surface area contributed by atoms with Crippen molar-refractivity contribution >= 4 is 5.69 Å².